The summed E-state index contributed by atoms with van der Waals surface area (Å²) in [6.07, 6.45) is 38.3. The predicted octanol–water partition coefficient (Wildman–Crippen LogP) is 10.8. The number of hydrogen-bond donors (Lipinski definition) is 3. The monoisotopic (exact) mass is 773 g/mol. The van der Waals surface area contributed by atoms with Crippen molar-refractivity contribution in [3.05, 3.63) is 36.5 Å². The number of aliphatic hydroxyl groups excluding tert-OH is 2. The fourth-order valence-corrected chi connectivity index (χ4v) is 6.32. The van der Waals surface area contributed by atoms with Crippen molar-refractivity contribution in [3.63, 3.8) is 0 Å². The van der Waals surface area contributed by atoms with Crippen LogP contribution in [0.5, 0.6) is 0 Å². The maximum absolute atomic E-state index is 12.3. The number of aliphatic hydroxyl groups is 2. The van der Waals surface area contributed by atoms with Gasteiger partial charge in [-0.05, 0) is 64.2 Å². The Morgan fingerprint density at radius 2 is 0.849 bits per heavy atom. The van der Waals surface area contributed by atoms with Crippen LogP contribution in [0.3, 0.4) is 0 Å². The Balaban J connectivity index is 3.97. The number of esters is 2. The van der Waals surface area contributed by atoms with Gasteiger partial charge in [0.1, 0.15) is 12.2 Å². The van der Waals surface area contributed by atoms with Gasteiger partial charge in [-0.1, -0.05) is 140 Å². The van der Waals surface area contributed by atoms with E-state index in [1.165, 1.54) is 57.8 Å². The smallest absolute Gasteiger partial charge is 0.457 e. The molecule has 0 saturated carbocycles. The van der Waals surface area contributed by atoms with E-state index in [0.29, 0.717) is 12.8 Å². The minimum Gasteiger partial charge on any atom is -0.457 e. The summed E-state index contributed by atoms with van der Waals surface area (Å²) < 4.78 is 32.5. The minimum atomic E-state index is -4.64. The van der Waals surface area contributed by atoms with E-state index in [-0.39, 0.29) is 12.8 Å². The van der Waals surface area contributed by atoms with Crippen LogP contribution in [0, 0.1) is 0 Å². The molecule has 0 amide bonds. The maximum atomic E-state index is 12.3. The fraction of sp³-hybridized carbons (Fsp3) is 0.810. The van der Waals surface area contributed by atoms with Crippen molar-refractivity contribution in [1.29, 1.82) is 0 Å². The molecular formula is C42H77O10P. The second-order valence-electron chi connectivity index (χ2n) is 14.0. The van der Waals surface area contributed by atoms with E-state index in [9.17, 15) is 29.3 Å². The number of carbonyl (C=O) groups is 2. The van der Waals surface area contributed by atoms with Crippen LogP contribution >= 0.6 is 7.82 Å². The molecule has 0 bridgehead atoms. The molecule has 10 nitrogen and oxygen atoms in total. The molecule has 0 aromatic heterocycles. The maximum Gasteiger partial charge on any atom is 0.472 e. The minimum absolute atomic E-state index is 0.175. The topological polar surface area (TPSA) is 149 Å². The van der Waals surface area contributed by atoms with Crippen molar-refractivity contribution in [3.8, 4) is 0 Å². The highest BCUT2D eigenvalue weighted by Crippen LogP contribution is 2.43. The lowest BCUT2D eigenvalue weighted by Gasteiger charge is -2.20. The number of phosphoric acid groups is 1. The second-order valence-corrected chi connectivity index (χ2v) is 15.4. The first kappa shape index (κ1) is 51.2. The summed E-state index contributed by atoms with van der Waals surface area (Å²) in [5, 5.41) is 19.1. The molecular weight excluding hydrogens is 695 g/mol. The van der Waals surface area contributed by atoms with Gasteiger partial charge in [-0.15, -0.1) is 0 Å². The molecule has 0 heterocycles. The van der Waals surface area contributed by atoms with E-state index in [2.05, 4.69) is 50.3 Å². The second kappa shape index (κ2) is 38.5. The summed E-state index contributed by atoms with van der Waals surface area (Å²) in [6.45, 7) is 2.13. The van der Waals surface area contributed by atoms with E-state index in [0.717, 1.165) is 83.5 Å². The summed E-state index contributed by atoms with van der Waals surface area (Å²) in [4.78, 5) is 34.4. The van der Waals surface area contributed by atoms with Crippen LogP contribution < -0.4 is 0 Å². The molecule has 310 valence electrons. The third-order valence-electron chi connectivity index (χ3n) is 8.82. The normalized spacial score (nSPS) is 14.3. The third kappa shape index (κ3) is 36.9. The van der Waals surface area contributed by atoms with Gasteiger partial charge in [0.05, 0.1) is 26.4 Å². The number of hydrogen-bond acceptors (Lipinski definition) is 9. The number of allylic oxidation sites excluding steroid dienone is 6. The molecule has 0 spiro atoms. The lowest BCUT2D eigenvalue weighted by Crippen LogP contribution is -2.28. The van der Waals surface area contributed by atoms with Crippen molar-refractivity contribution in [2.24, 2.45) is 0 Å². The number of phosphoric ester groups is 1. The number of unbranched alkanes of at least 4 members (excludes halogenated alkanes) is 19. The average molecular weight is 773 g/mol. The first-order chi connectivity index (χ1) is 25.8. The van der Waals surface area contributed by atoms with Crippen LogP contribution in [0.25, 0.3) is 0 Å². The highest BCUT2D eigenvalue weighted by Gasteiger charge is 2.27. The molecule has 0 aromatic carbocycles. The quantitative estimate of drug-likeness (QED) is 0.0238. The van der Waals surface area contributed by atoms with Gasteiger partial charge in [0.15, 0.2) is 0 Å². The van der Waals surface area contributed by atoms with Gasteiger partial charge in [0, 0.05) is 12.8 Å². The molecule has 0 rings (SSSR count). The molecule has 0 aliphatic carbocycles. The Morgan fingerprint density at radius 3 is 1.25 bits per heavy atom. The van der Waals surface area contributed by atoms with Gasteiger partial charge in [0.2, 0.25) is 0 Å². The Bertz CT molecular complexity index is 983. The SMILES string of the molecule is CCCC/C=C\C/C=C\CCCCCCCC(=O)OC(CO)COP(=O)(O)OCC(CO)OC(=O)CCCCCCC/C=C\CCCCCCCCC. The lowest BCUT2D eigenvalue weighted by atomic mass is 10.1. The zero-order valence-corrected chi connectivity index (χ0v) is 34.4. The Kier molecular flexibility index (Phi) is 37.2. The van der Waals surface area contributed by atoms with Crippen molar-refractivity contribution >= 4 is 19.8 Å². The Morgan fingerprint density at radius 1 is 0.509 bits per heavy atom. The molecule has 0 saturated heterocycles. The summed E-state index contributed by atoms with van der Waals surface area (Å²) in [6, 6.07) is 0. The van der Waals surface area contributed by atoms with Crippen LogP contribution in [0.1, 0.15) is 181 Å². The molecule has 0 aromatic rings. The molecule has 0 aliphatic rings. The van der Waals surface area contributed by atoms with Crippen molar-refractivity contribution in [1.82, 2.24) is 0 Å². The highest BCUT2D eigenvalue weighted by molar-refractivity contribution is 7.47. The standard InChI is InChI=1S/C42H77O10P/c1-3-5-7-9-11-13-15-17-19-20-22-24-26-28-30-32-34-42(46)52-40(36-44)38-50-53(47,48)49-37-39(35-43)51-41(45)33-31-29-27-25-23-21-18-16-14-12-10-8-6-4-2/h10,12,16,18-20,39-40,43-44H,3-9,11,13-15,17,21-38H2,1-2H3,(H,47,48)/b12-10-,18-16-,20-19-. The first-order valence-corrected chi connectivity index (χ1v) is 22.4. The number of rotatable bonds is 39. The van der Waals surface area contributed by atoms with E-state index in [1.54, 1.807) is 0 Å². The van der Waals surface area contributed by atoms with E-state index < -0.39 is 58.4 Å². The van der Waals surface area contributed by atoms with E-state index in [1.807, 2.05) is 0 Å². The molecule has 0 fully saturated rings. The van der Waals surface area contributed by atoms with Gasteiger partial charge in [-0.2, -0.15) is 0 Å². The van der Waals surface area contributed by atoms with Gasteiger partial charge < -0.3 is 24.6 Å². The van der Waals surface area contributed by atoms with Gasteiger partial charge in [-0.3, -0.25) is 18.6 Å². The summed E-state index contributed by atoms with van der Waals surface area (Å²) >= 11 is 0. The average Bonchev–Trinajstić information content (AvgIpc) is 3.14. The lowest BCUT2D eigenvalue weighted by molar-refractivity contribution is -0.153. The third-order valence-corrected chi connectivity index (χ3v) is 9.78. The molecule has 3 unspecified atom stereocenters. The molecule has 11 heteroatoms. The van der Waals surface area contributed by atoms with E-state index in [4.69, 9.17) is 18.5 Å². The zero-order valence-electron chi connectivity index (χ0n) is 33.5. The summed E-state index contributed by atoms with van der Waals surface area (Å²) in [7, 11) is -4.64. The fourth-order valence-electron chi connectivity index (χ4n) is 5.54. The van der Waals surface area contributed by atoms with Crippen molar-refractivity contribution in [2.45, 2.75) is 193 Å². The molecule has 0 radical (unpaired) electrons. The van der Waals surface area contributed by atoms with Gasteiger partial charge in [0.25, 0.3) is 0 Å². The summed E-state index contributed by atoms with van der Waals surface area (Å²) in [5.41, 5.74) is 0. The number of ether oxygens (including phenoxy) is 2. The largest absolute Gasteiger partial charge is 0.472 e. The summed E-state index contributed by atoms with van der Waals surface area (Å²) in [5.74, 6) is -1.04. The van der Waals surface area contributed by atoms with Crippen LogP contribution in [-0.4, -0.2) is 65.7 Å². The molecule has 53 heavy (non-hydrogen) atoms. The van der Waals surface area contributed by atoms with E-state index >= 15 is 0 Å². The molecule has 3 atom stereocenters. The van der Waals surface area contributed by atoms with Crippen LogP contribution in [0.2, 0.25) is 0 Å². The Hall–Kier alpha value is -1.81. The predicted molar refractivity (Wildman–Crippen MR) is 214 cm³/mol. The molecule has 0 aliphatic heterocycles. The highest BCUT2D eigenvalue weighted by atomic mass is 31.2. The van der Waals surface area contributed by atoms with Gasteiger partial charge >= 0.3 is 19.8 Å². The first-order valence-electron chi connectivity index (χ1n) is 20.9. The van der Waals surface area contributed by atoms with Crippen LogP contribution in [0.15, 0.2) is 36.5 Å². The Labute approximate surface area is 322 Å². The van der Waals surface area contributed by atoms with Crippen LogP contribution in [-0.2, 0) is 32.7 Å². The van der Waals surface area contributed by atoms with Crippen molar-refractivity contribution < 1.29 is 47.8 Å². The molecule has 3 N–H and O–H groups in total. The zero-order chi connectivity index (χ0) is 39.1. The van der Waals surface area contributed by atoms with Crippen molar-refractivity contribution in [2.75, 3.05) is 26.4 Å². The van der Waals surface area contributed by atoms with Crippen LogP contribution in [0.4, 0.5) is 0 Å². The number of carbonyl (C=O) groups excluding carboxylic acids is 2. The van der Waals surface area contributed by atoms with Gasteiger partial charge in [-0.25, -0.2) is 4.57 Å².